The summed E-state index contributed by atoms with van der Waals surface area (Å²) in [6.45, 7) is 6.35. The molecular formula is C14H16N2. The Labute approximate surface area is 96.4 Å². The molecule has 1 heterocycles. The minimum Gasteiger partial charge on any atom is -0.159 e. The zero-order valence-corrected chi connectivity index (χ0v) is 9.94. The fourth-order valence-corrected chi connectivity index (χ4v) is 1.85. The Kier molecular flexibility index (Phi) is 3.00. The Bertz CT molecular complexity index is 474. The summed E-state index contributed by atoms with van der Waals surface area (Å²) in [7, 11) is 0. The van der Waals surface area contributed by atoms with Crippen molar-refractivity contribution in [1.29, 1.82) is 0 Å². The van der Waals surface area contributed by atoms with E-state index in [1.54, 1.807) is 6.20 Å². The zero-order valence-electron chi connectivity index (χ0n) is 9.94. The molecule has 0 N–H and O–H groups in total. The normalized spacial score (nSPS) is 12.4. The number of nitrogens with zero attached hydrogens (tertiary/aromatic N) is 2. The van der Waals surface area contributed by atoms with Gasteiger partial charge in [-0.1, -0.05) is 36.8 Å². The van der Waals surface area contributed by atoms with Crippen molar-refractivity contribution in [2.75, 3.05) is 0 Å². The molecule has 2 heteroatoms. The number of aryl methyl sites for hydroxylation is 2. The molecule has 2 rings (SSSR count). The molecule has 1 aromatic carbocycles. The average Bonchev–Trinajstić information content (AvgIpc) is 2.30. The third kappa shape index (κ3) is 2.11. The van der Waals surface area contributed by atoms with Crippen LogP contribution in [0.4, 0.5) is 0 Å². The summed E-state index contributed by atoms with van der Waals surface area (Å²) in [5.74, 6) is 0.300. The van der Waals surface area contributed by atoms with E-state index in [1.165, 1.54) is 16.7 Å². The van der Waals surface area contributed by atoms with Crippen LogP contribution in [0.1, 0.15) is 35.2 Å². The molecule has 1 atom stereocenters. The average molecular weight is 212 g/mol. The van der Waals surface area contributed by atoms with Gasteiger partial charge in [0.1, 0.15) is 0 Å². The molecule has 0 aliphatic heterocycles. The van der Waals surface area contributed by atoms with Crippen LogP contribution < -0.4 is 0 Å². The minimum absolute atomic E-state index is 0.300. The molecule has 16 heavy (non-hydrogen) atoms. The fourth-order valence-electron chi connectivity index (χ4n) is 1.85. The lowest BCUT2D eigenvalue weighted by atomic mass is 9.94. The van der Waals surface area contributed by atoms with Crippen molar-refractivity contribution < 1.29 is 0 Å². The van der Waals surface area contributed by atoms with Crippen LogP contribution in [0, 0.1) is 13.8 Å². The number of aromatic nitrogens is 2. The molecular weight excluding hydrogens is 196 g/mol. The van der Waals surface area contributed by atoms with E-state index in [2.05, 4.69) is 55.2 Å². The van der Waals surface area contributed by atoms with Gasteiger partial charge in [0.15, 0.2) is 0 Å². The lowest BCUT2D eigenvalue weighted by Crippen LogP contribution is -2.03. The summed E-state index contributed by atoms with van der Waals surface area (Å²) in [6, 6.07) is 10.6. The van der Waals surface area contributed by atoms with E-state index in [4.69, 9.17) is 0 Å². The summed E-state index contributed by atoms with van der Waals surface area (Å²) in [5, 5.41) is 8.19. The van der Waals surface area contributed by atoms with Crippen LogP contribution >= 0.6 is 0 Å². The monoisotopic (exact) mass is 212 g/mol. The van der Waals surface area contributed by atoms with E-state index < -0.39 is 0 Å². The van der Waals surface area contributed by atoms with Gasteiger partial charge in [-0.3, -0.25) is 0 Å². The van der Waals surface area contributed by atoms with Crippen molar-refractivity contribution in [3.8, 4) is 0 Å². The van der Waals surface area contributed by atoms with Crippen LogP contribution in [0.15, 0.2) is 36.5 Å². The van der Waals surface area contributed by atoms with Gasteiger partial charge in [-0.15, -0.1) is 0 Å². The molecule has 0 radical (unpaired) electrons. The van der Waals surface area contributed by atoms with Gasteiger partial charge in [-0.2, -0.15) is 10.2 Å². The first-order chi connectivity index (χ1) is 7.68. The molecule has 82 valence electrons. The van der Waals surface area contributed by atoms with Crippen molar-refractivity contribution in [3.63, 3.8) is 0 Å². The third-order valence-electron chi connectivity index (χ3n) is 2.95. The van der Waals surface area contributed by atoms with Crippen molar-refractivity contribution >= 4 is 0 Å². The molecule has 0 spiro atoms. The lowest BCUT2D eigenvalue weighted by Gasteiger charge is -2.13. The molecule has 0 fully saturated rings. The van der Waals surface area contributed by atoms with Crippen molar-refractivity contribution in [3.05, 3.63) is 58.9 Å². The van der Waals surface area contributed by atoms with Crippen molar-refractivity contribution in [1.82, 2.24) is 10.2 Å². The Hall–Kier alpha value is -1.70. The summed E-state index contributed by atoms with van der Waals surface area (Å²) in [4.78, 5) is 0. The number of benzene rings is 1. The van der Waals surface area contributed by atoms with Gasteiger partial charge in [0.05, 0.1) is 5.69 Å². The maximum absolute atomic E-state index is 4.23. The van der Waals surface area contributed by atoms with Crippen LogP contribution in [0.25, 0.3) is 0 Å². The molecule has 1 aromatic heterocycles. The van der Waals surface area contributed by atoms with Gasteiger partial charge in [0.2, 0.25) is 0 Å². The summed E-state index contributed by atoms with van der Waals surface area (Å²) in [5.41, 5.74) is 4.83. The second-order valence-electron chi connectivity index (χ2n) is 4.23. The van der Waals surface area contributed by atoms with E-state index in [-0.39, 0.29) is 0 Å². The first kappa shape index (κ1) is 10.8. The van der Waals surface area contributed by atoms with E-state index in [9.17, 15) is 0 Å². The molecule has 2 nitrogen and oxygen atoms in total. The molecule has 1 unspecified atom stereocenters. The van der Waals surface area contributed by atoms with Gasteiger partial charge in [0, 0.05) is 12.1 Å². The maximum atomic E-state index is 4.23. The molecule has 0 aliphatic rings. The summed E-state index contributed by atoms with van der Waals surface area (Å²) >= 11 is 0. The number of hydrogen-bond acceptors (Lipinski definition) is 2. The molecule has 0 aliphatic carbocycles. The highest BCUT2D eigenvalue weighted by Gasteiger charge is 2.12. The standard InChI is InChI=1S/C14H16N2/c1-10-4-6-13(7-5-10)12(3)14-11(2)8-9-15-16-14/h4-9,12H,1-3H3. The molecule has 0 saturated carbocycles. The summed E-state index contributed by atoms with van der Waals surface area (Å²) in [6.07, 6.45) is 1.74. The van der Waals surface area contributed by atoms with Crippen LogP contribution in [-0.4, -0.2) is 10.2 Å². The Morgan fingerprint density at radius 2 is 1.69 bits per heavy atom. The van der Waals surface area contributed by atoms with Gasteiger partial charge >= 0.3 is 0 Å². The highest BCUT2D eigenvalue weighted by Crippen LogP contribution is 2.24. The second kappa shape index (κ2) is 4.44. The van der Waals surface area contributed by atoms with Gasteiger partial charge in [-0.05, 0) is 31.0 Å². The molecule has 2 aromatic rings. The van der Waals surface area contributed by atoms with Crippen molar-refractivity contribution in [2.24, 2.45) is 0 Å². The zero-order chi connectivity index (χ0) is 11.5. The lowest BCUT2D eigenvalue weighted by molar-refractivity contribution is 0.809. The van der Waals surface area contributed by atoms with E-state index in [0.717, 1.165) is 5.69 Å². The molecule has 0 amide bonds. The first-order valence-electron chi connectivity index (χ1n) is 5.53. The highest BCUT2D eigenvalue weighted by atomic mass is 15.1. The largest absolute Gasteiger partial charge is 0.159 e. The van der Waals surface area contributed by atoms with Crippen LogP contribution in [0.3, 0.4) is 0 Å². The fraction of sp³-hybridized carbons (Fsp3) is 0.286. The quantitative estimate of drug-likeness (QED) is 0.763. The van der Waals surface area contributed by atoms with Crippen LogP contribution in [0.5, 0.6) is 0 Å². The van der Waals surface area contributed by atoms with E-state index in [0.29, 0.717) is 5.92 Å². The van der Waals surface area contributed by atoms with Crippen molar-refractivity contribution in [2.45, 2.75) is 26.7 Å². The minimum atomic E-state index is 0.300. The van der Waals surface area contributed by atoms with E-state index in [1.807, 2.05) is 6.07 Å². The van der Waals surface area contributed by atoms with Crippen LogP contribution in [0.2, 0.25) is 0 Å². The topological polar surface area (TPSA) is 25.8 Å². The first-order valence-corrected chi connectivity index (χ1v) is 5.53. The smallest absolute Gasteiger partial charge is 0.0732 e. The Morgan fingerprint density at radius 1 is 1.00 bits per heavy atom. The Morgan fingerprint density at radius 3 is 2.31 bits per heavy atom. The van der Waals surface area contributed by atoms with Gasteiger partial charge in [-0.25, -0.2) is 0 Å². The predicted octanol–water partition coefficient (Wildman–Crippen LogP) is 3.25. The molecule has 0 bridgehead atoms. The number of hydrogen-bond donors (Lipinski definition) is 0. The maximum Gasteiger partial charge on any atom is 0.0732 e. The molecule has 0 saturated heterocycles. The second-order valence-corrected chi connectivity index (χ2v) is 4.23. The SMILES string of the molecule is Cc1ccc(C(C)c2nnccc2C)cc1. The van der Waals surface area contributed by atoms with E-state index >= 15 is 0 Å². The summed E-state index contributed by atoms with van der Waals surface area (Å²) < 4.78 is 0. The Balaban J connectivity index is 2.35. The van der Waals surface area contributed by atoms with Gasteiger partial charge in [0.25, 0.3) is 0 Å². The van der Waals surface area contributed by atoms with Gasteiger partial charge < -0.3 is 0 Å². The predicted molar refractivity (Wildman–Crippen MR) is 65.5 cm³/mol. The highest BCUT2D eigenvalue weighted by molar-refractivity contribution is 5.32. The third-order valence-corrected chi connectivity index (χ3v) is 2.95. The van der Waals surface area contributed by atoms with Crippen LogP contribution in [-0.2, 0) is 0 Å². The number of rotatable bonds is 2.